The van der Waals surface area contributed by atoms with Crippen LogP contribution in [0.15, 0.2) is 23.2 Å². The predicted molar refractivity (Wildman–Crippen MR) is 119 cm³/mol. The highest BCUT2D eigenvalue weighted by atomic mass is 127. The summed E-state index contributed by atoms with van der Waals surface area (Å²) in [5.74, 6) is 3.34. The summed E-state index contributed by atoms with van der Waals surface area (Å²) in [6.45, 7) is 1.63. The van der Waals surface area contributed by atoms with E-state index in [9.17, 15) is 0 Å². The lowest BCUT2D eigenvalue weighted by Gasteiger charge is -2.26. The Morgan fingerprint density at radius 1 is 1.20 bits per heavy atom. The summed E-state index contributed by atoms with van der Waals surface area (Å²) < 4.78 is 10.7. The van der Waals surface area contributed by atoms with E-state index < -0.39 is 0 Å². The van der Waals surface area contributed by atoms with Gasteiger partial charge in [0.2, 0.25) is 0 Å². The van der Waals surface area contributed by atoms with E-state index in [2.05, 4.69) is 46.9 Å². The number of halogens is 1. The van der Waals surface area contributed by atoms with Crippen molar-refractivity contribution in [3.8, 4) is 11.5 Å². The van der Waals surface area contributed by atoms with Gasteiger partial charge in [-0.1, -0.05) is 6.07 Å². The van der Waals surface area contributed by atoms with Crippen molar-refractivity contribution in [2.45, 2.75) is 6.04 Å². The van der Waals surface area contributed by atoms with E-state index in [1.165, 1.54) is 0 Å². The fourth-order valence-electron chi connectivity index (χ4n) is 2.34. The van der Waals surface area contributed by atoms with Crippen molar-refractivity contribution in [2.24, 2.45) is 4.99 Å². The molecule has 0 saturated heterocycles. The maximum atomic E-state index is 5.42. The Morgan fingerprint density at radius 2 is 1.88 bits per heavy atom. The van der Waals surface area contributed by atoms with Crippen molar-refractivity contribution >= 4 is 41.7 Å². The molecule has 1 rings (SSSR count). The van der Waals surface area contributed by atoms with Crippen molar-refractivity contribution < 1.29 is 9.47 Å². The quantitative estimate of drug-likeness (QED) is 0.244. The molecule has 2 N–H and O–H groups in total. The van der Waals surface area contributed by atoms with E-state index >= 15 is 0 Å². The average Bonchev–Trinajstić information content (AvgIpc) is 2.59. The Kier molecular flexibility index (Phi) is 12.9. The third-order valence-corrected chi connectivity index (χ3v) is 4.31. The zero-order chi connectivity index (χ0) is 17.9. The molecule has 0 heterocycles. The first-order valence-electron chi connectivity index (χ1n) is 7.89. The molecule has 0 aliphatic heterocycles. The summed E-state index contributed by atoms with van der Waals surface area (Å²) >= 11 is 1.81. The molecule has 144 valence electrons. The molecule has 0 aromatic heterocycles. The van der Waals surface area contributed by atoms with E-state index in [1.807, 2.05) is 23.9 Å². The van der Waals surface area contributed by atoms with Crippen LogP contribution in [-0.4, -0.2) is 71.3 Å². The van der Waals surface area contributed by atoms with Crippen molar-refractivity contribution in [3.05, 3.63) is 23.8 Å². The minimum atomic E-state index is 0. The molecular formula is C17H31IN4O2S. The van der Waals surface area contributed by atoms with Crippen LogP contribution >= 0.6 is 35.7 Å². The summed E-state index contributed by atoms with van der Waals surface area (Å²) in [7, 11) is 9.21. The molecule has 1 aromatic carbocycles. The van der Waals surface area contributed by atoms with Crippen molar-refractivity contribution in [1.82, 2.24) is 15.5 Å². The van der Waals surface area contributed by atoms with Crippen molar-refractivity contribution in [2.75, 3.05) is 60.5 Å². The molecule has 8 heteroatoms. The van der Waals surface area contributed by atoms with Crippen LogP contribution < -0.4 is 20.1 Å². The lowest BCUT2D eigenvalue weighted by molar-refractivity contribution is 0.296. The number of likely N-dealkylation sites (N-methyl/N-ethyl adjacent to an activating group) is 1. The van der Waals surface area contributed by atoms with Gasteiger partial charge in [-0.2, -0.15) is 11.8 Å². The van der Waals surface area contributed by atoms with E-state index in [0.29, 0.717) is 0 Å². The lowest BCUT2D eigenvalue weighted by atomic mass is 10.1. The smallest absolute Gasteiger partial charge is 0.191 e. The van der Waals surface area contributed by atoms with Gasteiger partial charge in [-0.15, -0.1) is 24.0 Å². The monoisotopic (exact) mass is 482 g/mol. The number of guanidine groups is 1. The minimum absolute atomic E-state index is 0. The van der Waals surface area contributed by atoms with E-state index in [0.717, 1.165) is 41.9 Å². The molecule has 1 unspecified atom stereocenters. The largest absolute Gasteiger partial charge is 0.493 e. The molecule has 6 nitrogen and oxygen atoms in total. The Morgan fingerprint density at radius 3 is 2.40 bits per heavy atom. The second-order valence-corrected chi connectivity index (χ2v) is 6.45. The number of ether oxygens (including phenoxy) is 2. The number of rotatable bonds is 9. The number of hydrogen-bond donors (Lipinski definition) is 2. The maximum absolute atomic E-state index is 5.42. The Bertz CT molecular complexity index is 529. The van der Waals surface area contributed by atoms with Gasteiger partial charge in [-0.05, 0) is 38.0 Å². The van der Waals surface area contributed by atoms with Crippen molar-refractivity contribution in [3.63, 3.8) is 0 Å². The first-order valence-corrected chi connectivity index (χ1v) is 9.28. The molecule has 0 aliphatic carbocycles. The van der Waals surface area contributed by atoms with E-state index in [1.54, 1.807) is 21.3 Å². The fraction of sp³-hybridized carbons (Fsp3) is 0.588. The zero-order valence-corrected chi connectivity index (χ0v) is 19.1. The third-order valence-electron chi connectivity index (χ3n) is 3.70. The number of thioether (sulfide) groups is 1. The highest BCUT2D eigenvalue weighted by molar-refractivity contribution is 14.0. The van der Waals surface area contributed by atoms with Crippen LogP contribution in [0.3, 0.4) is 0 Å². The number of nitrogens with zero attached hydrogens (tertiary/aromatic N) is 2. The summed E-state index contributed by atoms with van der Waals surface area (Å²) in [5, 5.41) is 6.70. The second-order valence-electron chi connectivity index (χ2n) is 5.47. The number of methoxy groups -OCH3 is 2. The van der Waals surface area contributed by atoms with Gasteiger partial charge in [-0.25, -0.2) is 0 Å². The average molecular weight is 482 g/mol. The molecule has 25 heavy (non-hydrogen) atoms. The first kappa shape index (κ1) is 24.1. The van der Waals surface area contributed by atoms with Gasteiger partial charge < -0.3 is 25.0 Å². The Hall–Kier alpha value is -0.870. The van der Waals surface area contributed by atoms with Gasteiger partial charge in [0, 0.05) is 25.9 Å². The molecule has 0 bridgehead atoms. The normalized spacial score (nSPS) is 12.4. The predicted octanol–water partition coefficient (Wildman–Crippen LogP) is 2.45. The van der Waals surface area contributed by atoms with Gasteiger partial charge in [0.05, 0.1) is 20.3 Å². The third kappa shape index (κ3) is 7.91. The van der Waals surface area contributed by atoms with Gasteiger partial charge in [0.1, 0.15) is 0 Å². The SMILES string of the molecule is CN=C(NCCSC)NCC(c1ccc(OC)c(OC)c1)N(C)C.I. The maximum Gasteiger partial charge on any atom is 0.191 e. The van der Waals surface area contributed by atoms with Crippen LogP contribution in [0.2, 0.25) is 0 Å². The molecule has 0 aliphatic rings. The number of benzene rings is 1. The Balaban J connectivity index is 0.00000576. The van der Waals surface area contributed by atoms with E-state index in [4.69, 9.17) is 9.47 Å². The molecule has 1 aromatic rings. The minimum Gasteiger partial charge on any atom is -0.493 e. The summed E-state index contributed by atoms with van der Waals surface area (Å²) in [5.41, 5.74) is 1.16. The topological polar surface area (TPSA) is 58.1 Å². The molecule has 0 radical (unpaired) electrons. The van der Waals surface area contributed by atoms with Crippen LogP contribution in [0.5, 0.6) is 11.5 Å². The standard InChI is InChI=1S/C17H30N4O2S.HI/c1-18-17(19-9-10-24-6)20-12-14(21(2)3)13-7-8-15(22-4)16(11-13)23-5;/h7-8,11,14H,9-10,12H2,1-6H3,(H2,18,19,20);1H. The number of hydrogen-bond acceptors (Lipinski definition) is 5. The van der Waals surface area contributed by atoms with Crippen molar-refractivity contribution in [1.29, 1.82) is 0 Å². The first-order chi connectivity index (χ1) is 11.6. The van der Waals surface area contributed by atoms with Gasteiger partial charge in [0.25, 0.3) is 0 Å². The summed E-state index contributed by atoms with van der Waals surface area (Å²) in [4.78, 5) is 6.44. The molecule has 0 fully saturated rings. The molecule has 0 spiro atoms. The summed E-state index contributed by atoms with van der Waals surface area (Å²) in [6, 6.07) is 6.21. The number of aliphatic imine (C=N–C) groups is 1. The molecule has 0 saturated carbocycles. The van der Waals surface area contributed by atoms with Crippen LogP contribution in [0.25, 0.3) is 0 Å². The van der Waals surface area contributed by atoms with Gasteiger partial charge in [-0.3, -0.25) is 4.99 Å². The van der Waals surface area contributed by atoms with Gasteiger partial charge >= 0.3 is 0 Å². The van der Waals surface area contributed by atoms with E-state index in [-0.39, 0.29) is 30.0 Å². The highest BCUT2D eigenvalue weighted by Gasteiger charge is 2.17. The molecular weight excluding hydrogens is 451 g/mol. The van der Waals surface area contributed by atoms with Gasteiger partial charge in [0.15, 0.2) is 17.5 Å². The number of nitrogens with one attached hydrogen (secondary N) is 2. The second kappa shape index (κ2) is 13.3. The summed E-state index contributed by atoms with van der Waals surface area (Å²) in [6.07, 6.45) is 2.09. The highest BCUT2D eigenvalue weighted by Crippen LogP contribution is 2.31. The Labute approximate surface area is 173 Å². The molecule has 0 amide bonds. The lowest BCUT2D eigenvalue weighted by Crippen LogP contribution is -2.42. The van der Waals surface area contributed by atoms with Crippen LogP contribution in [0.1, 0.15) is 11.6 Å². The fourth-order valence-corrected chi connectivity index (χ4v) is 2.65. The zero-order valence-electron chi connectivity index (χ0n) is 16.0. The van der Waals surface area contributed by atoms with Crippen LogP contribution in [0, 0.1) is 0 Å². The molecule has 1 atom stereocenters. The van der Waals surface area contributed by atoms with Crippen LogP contribution in [0.4, 0.5) is 0 Å². The van der Waals surface area contributed by atoms with Crippen LogP contribution in [-0.2, 0) is 0 Å².